The minimum absolute atomic E-state index is 0. The van der Waals surface area contributed by atoms with Crippen LogP contribution in [0.1, 0.15) is 32.3 Å². The molecule has 2 rings (SSSR count). The fraction of sp³-hybridized carbons (Fsp3) is 0.650. The molecule has 6 nitrogen and oxygen atoms in total. The second-order valence-electron chi connectivity index (χ2n) is 6.98. The van der Waals surface area contributed by atoms with E-state index in [4.69, 9.17) is 4.74 Å². The highest BCUT2D eigenvalue weighted by molar-refractivity contribution is 14.0. The number of nitrogens with one attached hydrogen (secondary N) is 2. The summed E-state index contributed by atoms with van der Waals surface area (Å²) < 4.78 is 5.17. The predicted octanol–water partition coefficient (Wildman–Crippen LogP) is 2.60. The van der Waals surface area contributed by atoms with E-state index in [1.165, 1.54) is 11.3 Å². The summed E-state index contributed by atoms with van der Waals surface area (Å²) in [5, 5.41) is 15.9. The van der Waals surface area contributed by atoms with Crippen LogP contribution in [0.25, 0.3) is 0 Å². The number of anilines is 1. The van der Waals surface area contributed by atoms with Gasteiger partial charge in [-0.25, -0.2) is 4.99 Å². The van der Waals surface area contributed by atoms with Gasteiger partial charge in [-0.3, -0.25) is 0 Å². The summed E-state index contributed by atoms with van der Waals surface area (Å²) in [7, 11) is 1.70. The van der Waals surface area contributed by atoms with Gasteiger partial charge in [0.25, 0.3) is 0 Å². The first kappa shape index (κ1) is 24.0. The maximum absolute atomic E-state index is 9.26. The second-order valence-corrected chi connectivity index (χ2v) is 6.98. The number of hydrogen-bond donors (Lipinski definition) is 3. The van der Waals surface area contributed by atoms with Crippen molar-refractivity contribution >= 4 is 35.6 Å². The summed E-state index contributed by atoms with van der Waals surface area (Å²) in [6.45, 7) is 8.61. The second kappa shape index (κ2) is 13.2. The molecule has 1 saturated heterocycles. The molecule has 0 saturated carbocycles. The van der Waals surface area contributed by atoms with Gasteiger partial charge in [0.2, 0.25) is 0 Å². The molecule has 0 aromatic heterocycles. The number of aliphatic imine (C=N–C) groups is 1. The quantitative estimate of drug-likeness (QED) is 0.297. The molecule has 1 atom stereocenters. The van der Waals surface area contributed by atoms with E-state index >= 15 is 0 Å². The topological polar surface area (TPSA) is 69.1 Å². The van der Waals surface area contributed by atoms with Crippen molar-refractivity contribution in [2.24, 2.45) is 10.9 Å². The summed E-state index contributed by atoms with van der Waals surface area (Å²) in [5.41, 5.74) is 2.45. The van der Waals surface area contributed by atoms with Crippen molar-refractivity contribution < 1.29 is 9.84 Å². The number of benzene rings is 1. The Morgan fingerprint density at radius 3 is 2.52 bits per heavy atom. The molecule has 1 aromatic carbocycles. The van der Waals surface area contributed by atoms with Crippen LogP contribution >= 0.6 is 24.0 Å². The number of aliphatic hydroxyl groups is 1. The lowest BCUT2D eigenvalue weighted by Gasteiger charge is -2.32. The van der Waals surface area contributed by atoms with Gasteiger partial charge < -0.3 is 25.4 Å². The molecular weight excluding hydrogens is 455 g/mol. The summed E-state index contributed by atoms with van der Waals surface area (Å²) in [5.74, 6) is 1.28. The van der Waals surface area contributed by atoms with E-state index in [9.17, 15) is 5.11 Å². The highest BCUT2D eigenvalue weighted by atomic mass is 127. The standard InChI is InChI=1S/C20H34N4O2.HI/c1-4-21-20(23-16(2)15-26-3)22-13-17-5-7-19(8-6-17)24-11-9-18(14-25)10-12-24;/h5-8,16,18,25H,4,9-15H2,1-3H3,(H2,21,22,23);1H. The molecule has 154 valence electrons. The van der Waals surface area contributed by atoms with E-state index in [-0.39, 0.29) is 30.0 Å². The van der Waals surface area contributed by atoms with Crippen LogP contribution in [-0.2, 0) is 11.3 Å². The number of methoxy groups -OCH3 is 1. The molecule has 0 radical (unpaired) electrons. The van der Waals surface area contributed by atoms with Crippen molar-refractivity contribution in [3.63, 3.8) is 0 Å². The molecule has 27 heavy (non-hydrogen) atoms. The van der Waals surface area contributed by atoms with Gasteiger partial charge in [-0.2, -0.15) is 0 Å². The van der Waals surface area contributed by atoms with Crippen LogP contribution in [0.3, 0.4) is 0 Å². The summed E-state index contributed by atoms with van der Waals surface area (Å²) >= 11 is 0. The normalized spacial score (nSPS) is 16.6. The molecule has 1 heterocycles. The third kappa shape index (κ3) is 8.23. The van der Waals surface area contributed by atoms with Crippen molar-refractivity contribution in [3.05, 3.63) is 29.8 Å². The Labute approximate surface area is 180 Å². The van der Waals surface area contributed by atoms with Crippen molar-refractivity contribution in [1.29, 1.82) is 0 Å². The molecule has 1 aliphatic heterocycles. The monoisotopic (exact) mass is 490 g/mol. The van der Waals surface area contributed by atoms with Gasteiger partial charge in [-0.1, -0.05) is 12.1 Å². The fourth-order valence-corrected chi connectivity index (χ4v) is 3.20. The molecule has 1 aromatic rings. The number of rotatable bonds is 8. The molecule has 1 unspecified atom stereocenters. The highest BCUT2D eigenvalue weighted by Gasteiger charge is 2.18. The molecule has 3 N–H and O–H groups in total. The Balaban J connectivity index is 0.00000364. The number of guanidine groups is 1. The predicted molar refractivity (Wildman–Crippen MR) is 123 cm³/mol. The van der Waals surface area contributed by atoms with E-state index in [1.54, 1.807) is 7.11 Å². The molecule has 0 bridgehead atoms. The van der Waals surface area contributed by atoms with Crippen molar-refractivity contribution in [2.75, 3.05) is 44.9 Å². The zero-order chi connectivity index (χ0) is 18.8. The third-order valence-electron chi connectivity index (χ3n) is 4.74. The average molecular weight is 490 g/mol. The van der Waals surface area contributed by atoms with Crippen LogP contribution in [0.15, 0.2) is 29.3 Å². The van der Waals surface area contributed by atoms with Crippen LogP contribution < -0.4 is 15.5 Å². The SMILES string of the molecule is CCNC(=NCc1ccc(N2CCC(CO)CC2)cc1)NC(C)COC.I. The summed E-state index contributed by atoms with van der Waals surface area (Å²) in [6.07, 6.45) is 2.14. The molecule has 0 aliphatic carbocycles. The van der Waals surface area contributed by atoms with Crippen molar-refractivity contribution in [3.8, 4) is 0 Å². The largest absolute Gasteiger partial charge is 0.396 e. The van der Waals surface area contributed by atoms with Gasteiger partial charge in [-0.05, 0) is 50.3 Å². The van der Waals surface area contributed by atoms with Crippen LogP contribution in [0.4, 0.5) is 5.69 Å². The van der Waals surface area contributed by atoms with Gasteiger partial charge in [0.1, 0.15) is 0 Å². The maximum atomic E-state index is 9.26. The molecule has 1 aliphatic rings. The molecule has 0 spiro atoms. The van der Waals surface area contributed by atoms with Crippen LogP contribution in [0.2, 0.25) is 0 Å². The Kier molecular flexibility index (Phi) is 11.7. The maximum Gasteiger partial charge on any atom is 0.191 e. The minimum atomic E-state index is 0. The average Bonchev–Trinajstić information content (AvgIpc) is 2.67. The van der Waals surface area contributed by atoms with E-state index in [1.807, 2.05) is 0 Å². The molecule has 0 amide bonds. The zero-order valence-corrected chi connectivity index (χ0v) is 19.1. The van der Waals surface area contributed by atoms with E-state index in [0.29, 0.717) is 25.7 Å². The molecular formula is C20H35IN4O2. The van der Waals surface area contributed by atoms with Gasteiger partial charge in [-0.15, -0.1) is 24.0 Å². The molecule has 1 fully saturated rings. The fourth-order valence-electron chi connectivity index (χ4n) is 3.20. The Morgan fingerprint density at radius 2 is 1.96 bits per heavy atom. The highest BCUT2D eigenvalue weighted by Crippen LogP contribution is 2.23. The van der Waals surface area contributed by atoms with E-state index in [0.717, 1.165) is 38.4 Å². The first-order chi connectivity index (χ1) is 12.7. The van der Waals surface area contributed by atoms with Gasteiger partial charge in [0.05, 0.1) is 13.2 Å². The Hall–Kier alpha value is -1.06. The first-order valence-corrected chi connectivity index (χ1v) is 9.64. The zero-order valence-electron chi connectivity index (χ0n) is 16.8. The number of nitrogens with zero attached hydrogens (tertiary/aromatic N) is 2. The smallest absolute Gasteiger partial charge is 0.191 e. The number of halogens is 1. The Bertz CT molecular complexity index is 545. The van der Waals surface area contributed by atoms with Crippen LogP contribution in [-0.4, -0.2) is 57.1 Å². The van der Waals surface area contributed by atoms with Crippen molar-refractivity contribution in [1.82, 2.24) is 10.6 Å². The first-order valence-electron chi connectivity index (χ1n) is 9.64. The lowest BCUT2D eigenvalue weighted by atomic mass is 9.97. The van der Waals surface area contributed by atoms with Gasteiger partial charge >= 0.3 is 0 Å². The Morgan fingerprint density at radius 1 is 1.30 bits per heavy atom. The van der Waals surface area contributed by atoms with Crippen LogP contribution in [0.5, 0.6) is 0 Å². The van der Waals surface area contributed by atoms with Crippen LogP contribution in [0, 0.1) is 5.92 Å². The van der Waals surface area contributed by atoms with Crippen molar-refractivity contribution in [2.45, 2.75) is 39.3 Å². The van der Waals surface area contributed by atoms with E-state index in [2.05, 4.69) is 58.6 Å². The number of piperidine rings is 1. The summed E-state index contributed by atoms with van der Waals surface area (Å²) in [4.78, 5) is 7.07. The lowest BCUT2D eigenvalue weighted by Crippen LogP contribution is -2.43. The van der Waals surface area contributed by atoms with E-state index < -0.39 is 0 Å². The lowest BCUT2D eigenvalue weighted by molar-refractivity contribution is 0.179. The van der Waals surface area contributed by atoms with Gasteiger partial charge in [0, 0.05) is 45.1 Å². The minimum Gasteiger partial charge on any atom is -0.396 e. The summed E-state index contributed by atoms with van der Waals surface area (Å²) in [6, 6.07) is 8.87. The third-order valence-corrected chi connectivity index (χ3v) is 4.74. The van der Waals surface area contributed by atoms with Gasteiger partial charge in [0.15, 0.2) is 5.96 Å². The number of aliphatic hydroxyl groups excluding tert-OH is 1. The molecule has 7 heteroatoms. The number of hydrogen-bond acceptors (Lipinski definition) is 4. The number of ether oxygens (including phenoxy) is 1.